The van der Waals surface area contributed by atoms with E-state index in [0.29, 0.717) is 30.2 Å². The highest BCUT2D eigenvalue weighted by Gasteiger charge is 2.20. The van der Waals surface area contributed by atoms with E-state index < -0.39 is 0 Å². The monoisotopic (exact) mass is 360 g/mol. The Labute approximate surface area is 154 Å². The standard InChI is InChI=1S/C19H28N4O3/c1-13-5-6-15(11-16(13)20-12-25)17-22-18(26-23-17)14(8-10-24)7-9-21-19(2,3)4/h5-6,11-12,14,21,24H,7-10H2,1-4H3,(H,20,25). The summed E-state index contributed by atoms with van der Waals surface area (Å²) in [6.45, 7) is 9.11. The van der Waals surface area contributed by atoms with Crippen LogP contribution in [0.3, 0.4) is 0 Å². The van der Waals surface area contributed by atoms with Gasteiger partial charge in [0.2, 0.25) is 18.1 Å². The molecule has 1 aromatic heterocycles. The van der Waals surface area contributed by atoms with Crippen LogP contribution in [0, 0.1) is 6.92 Å². The summed E-state index contributed by atoms with van der Waals surface area (Å²) in [6, 6.07) is 5.61. The van der Waals surface area contributed by atoms with E-state index in [1.165, 1.54) is 0 Å². The molecule has 1 heterocycles. The second-order valence-corrected chi connectivity index (χ2v) is 7.42. The Morgan fingerprint density at radius 1 is 1.31 bits per heavy atom. The number of aromatic nitrogens is 2. The Hall–Kier alpha value is -2.25. The van der Waals surface area contributed by atoms with Gasteiger partial charge >= 0.3 is 0 Å². The van der Waals surface area contributed by atoms with Gasteiger partial charge in [0.05, 0.1) is 0 Å². The van der Waals surface area contributed by atoms with Crippen molar-refractivity contribution in [1.82, 2.24) is 15.5 Å². The number of carbonyl (C=O) groups excluding carboxylic acids is 1. The summed E-state index contributed by atoms with van der Waals surface area (Å²) in [7, 11) is 0. The Bertz CT molecular complexity index is 722. The van der Waals surface area contributed by atoms with Crippen LogP contribution in [0.15, 0.2) is 22.7 Å². The van der Waals surface area contributed by atoms with Gasteiger partial charge in [-0.2, -0.15) is 4.98 Å². The molecule has 2 aromatic rings. The Morgan fingerprint density at radius 2 is 2.08 bits per heavy atom. The second-order valence-electron chi connectivity index (χ2n) is 7.42. The minimum atomic E-state index is -0.00545. The summed E-state index contributed by atoms with van der Waals surface area (Å²) in [4.78, 5) is 15.2. The number of amides is 1. The molecule has 7 heteroatoms. The highest BCUT2D eigenvalue weighted by atomic mass is 16.5. The van der Waals surface area contributed by atoms with Gasteiger partial charge in [0.15, 0.2) is 0 Å². The first-order valence-electron chi connectivity index (χ1n) is 8.84. The van der Waals surface area contributed by atoms with Crippen molar-refractivity contribution in [2.24, 2.45) is 0 Å². The van der Waals surface area contributed by atoms with E-state index in [2.05, 4.69) is 41.5 Å². The number of carbonyl (C=O) groups is 1. The molecular weight excluding hydrogens is 332 g/mol. The van der Waals surface area contributed by atoms with Crippen molar-refractivity contribution < 1.29 is 14.4 Å². The van der Waals surface area contributed by atoms with Crippen molar-refractivity contribution in [2.45, 2.75) is 52.0 Å². The van der Waals surface area contributed by atoms with Crippen LogP contribution >= 0.6 is 0 Å². The normalized spacial score (nSPS) is 12.8. The third-order valence-electron chi connectivity index (χ3n) is 4.13. The van der Waals surface area contributed by atoms with Gasteiger partial charge in [-0.05, 0) is 58.7 Å². The highest BCUT2D eigenvalue weighted by molar-refractivity contribution is 5.76. The molecular formula is C19H28N4O3. The van der Waals surface area contributed by atoms with E-state index in [1.807, 2.05) is 25.1 Å². The first kappa shape index (κ1) is 20.1. The van der Waals surface area contributed by atoms with E-state index in [4.69, 9.17) is 4.52 Å². The number of anilines is 1. The molecule has 0 saturated heterocycles. The van der Waals surface area contributed by atoms with Gasteiger partial charge < -0.3 is 20.3 Å². The number of benzene rings is 1. The molecule has 1 aromatic carbocycles. The quantitative estimate of drug-likeness (QED) is 0.595. The van der Waals surface area contributed by atoms with E-state index in [9.17, 15) is 9.90 Å². The van der Waals surface area contributed by atoms with Crippen LogP contribution in [0.4, 0.5) is 5.69 Å². The third-order valence-corrected chi connectivity index (χ3v) is 4.13. The SMILES string of the molecule is Cc1ccc(-c2noc(C(CCO)CCNC(C)(C)C)n2)cc1NC=O. The van der Waals surface area contributed by atoms with Gasteiger partial charge in [-0.15, -0.1) is 0 Å². The molecule has 0 aliphatic rings. The molecule has 26 heavy (non-hydrogen) atoms. The summed E-state index contributed by atoms with van der Waals surface area (Å²) in [6.07, 6.45) is 2.01. The molecule has 1 unspecified atom stereocenters. The van der Waals surface area contributed by atoms with Gasteiger partial charge in [-0.3, -0.25) is 4.79 Å². The van der Waals surface area contributed by atoms with E-state index >= 15 is 0 Å². The number of nitrogens with zero attached hydrogens (tertiary/aromatic N) is 2. The highest BCUT2D eigenvalue weighted by Crippen LogP contribution is 2.27. The maximum absolute atomic E-state index is 10.7. The second kappa shape index (κ2) is 8.91. The number of aryl methyl sites for hydroxylation is 1. The topological polar surface area (TPSA) is 100 Å². The first-order chi connectivity index (χ1) is 12.3. The molecule has 3 N–H and O–H groups in total. The molecule has 0 radical (unpaired) electrons. The predicted molar refractivity (Wildman–Crippen MR) is 101 cm³/mol. The molecule has 0 saturated carbocycles. The summed E-state index contributed by atoms with van der Waals surface area (Å²) in [5, 5.41) is 19.5. The van der Waals surface area contributed by atoms with Crippen LogP contribution in [-0.4, -0.2) is 40.3 Å². The molecule has 0 aliphatic heterocycles. The number of aliphatic hydroxyl groups is 1. The van der Waals surface area contributed by atoms with Crippen molar-refractivity contribution >= 4 is 12.1 Å². The van der Waals surface area contributed by atoms with Crippen LogP contribution in [0.2, 0.25) is 0 Å². The fraction of sp³-hybridized carbons (Fsp3) is 0.526. The smallest absolute Gasteiger partial charge is 0.230 e. The zero-order valence-corrected chi connectivity index (χ0v) is 15.9. The molecule has 7 nitrogen and oxygen atoms in total. The van der Waals surface area contributed by atoms with Crippen molar-refractivity contribution in [1.29, 1.82) is 0 Å². The van der Waals surface area contributed by atoms with Crippen LogP contribution in [0.5, 0.6) is 0 Å². The number of rotatable bonds is 9. The summed E-state index contributed by atoms with van der Waals surface area (Å²) < 4.78 is 5.46. The number of hydrogen-bond donors (Lipinski definition) is 3. The third kappa shape index (κ3) is 5.64. The van der Waals surface area contributed by atoms with Crippen LogP contribution < -0.4 is 10.6 Å². The molecule has 0 spiro atoms. The number of aliphatic hydroxyl groups excluding tert-OH is 1. The van der Waals surface area contributed by atoms with Gasteiger partial charge in [0.1, 0.15) is 0 Å². The van der Waals surface area contributed by atoms with Gasteiger partial charge in [0, 0.05) is 29.3 Å². The molecule has 0 fully saturated rings. The molecule has 1 atom stereocenters. The fourth-order valence-electron chi connectivity index (χ4n) is 2.67. The van der Waals surface area contributed by atoms with E-state index in [0.717, 1.165) is 24.1 Å². The lowest BCUT2D eigenvalue weighted by Crippen LogP contribution is -2.36. The van der Waals surface area contributed by atoms with Gasteiger partial charge in [-0.1, -0.05) is 17.3 Å². The molecule has 142 valence electrons. The van der Waals surface area contributed by atoms with Crippen molar-refractivity contribution in [3.8, 4) is 11.4 Å². The molecule has 0 aliphatic carbocycles. The first-order valence-corrected chi connectivity index (χ1v) is 8.84. The Balaban J connectivity index is 2.15. The zero-order chi connectivity index (χ0) is 19.2. The number of hydrogen-bond acceptors (Lipinski definition) is 6. The lowest BCUT2D eigenvalue weighted by Gasteiger charge is -2.21. The predicted octanol–water partition coefficient (Wildman–Crippen LogP) is 2.86. The minimum Gasteiger partial charge on any atom is -0.396 e. The summed E-state index contributed by atoms with van der Waals surface area (Å²) in [5.74, 6) is 0.991. The van der Waals surface area contributed by atoms with E-state index in [1.54, 1.807) is 0 Å². The lowest BCUT2D eigenvalue weighted by atomic mass is 10.0. The minimum absolute atomic E-state index is 0.00545. The van der Waals surface area contributed by atoms with Crippen molar-refractivity contribution in [3.63, 3.8) is 0 Å². The lowest BCUT2D eigenvalue weighted by molar-refractivity contribution is -0.105. The summed E-state index contributed by atoms with van der Waals surface area (Å²) >= 11 is 0. The van der Waals surface area contributed by atoms with Gasteiger partial charge in [0.25, 0.3) is 0 Å². The number of nitrogens with one attached hydrogen (secondary N) is 2. The molecule has 0 bridgehead atoms. The average Bonchev–Trinajstić information content (AvgIpc) is 3.05. The Morgan fingerprint density at radius 3 is 2.73 bits per heavy atom. The summed E-state index contributed by atoms with van der Waals surface area (Å²) in [5.41, 5.74) is 2.47. The maximum Gasteiger partial charge on any atom is 0.230 e. The fourth-order valence-corrected chi connectivity index (χ4v) is 2.67. The molecule has 2 rings (SSSR count). The van der Waals surface area contributed by atoms with Crippen molar-refractivity contribution in [2.75, 3.05) is 18.5 Å². The van der Waals surface area contributed by atoms with Crippen LogP contribution in [-0.2, 0) is 4.79 Å². The van der Waals surface area contributed by atoms with Crippen LogP contribution in [0.25, 0.3) is 11.4 Å². The van der Waals surface area contributed by atoms with Crippen LogP contribution in [0.1, 0.15) is 51.0 Å². The van der Waals surface area contributed by atoms with E-state index in [-0.39, 0.29) is 18.1 Å². The Kier molecular flexibility index (Phi) is 6.88. The van der Waals surface area contributed by atoms with Crippen molar-refractivity contribution in [3.05, 3.63) is 29.7 Å². The molecule has 1 amide bonds. The average molecular weight is 360 g/mol. The largest absolute Gasteiger partial charge is 0.396 e. The zero-order valence-electron chi connectivity index (χ0n) is 15.9. The maximum atomic E-state index is 10.7. The van der Waals surface area contributed by atoms with Gasteiger partial charge in [-0.25, -0.2) is 0 Å².